The fraction of sp³-hybridized carbons (Fsp3) is 0.192. The number of hydrogen-bond acceptors (Lipinski definition) is 4. The molecule has 1 atom stereocenters. The fourth-order valence-corrected chi connectivity index (χ4v) is 4.91. The third-order valence-electron chi connectivity index (χ3n) is 5.64. The average molecular weight is 460 g/mol. The summed E-state index contributed by atoms with van der Waals surface area (Å²) < 4.78 is 0. The van der Waals surface area contributed by atoms with Crippen molar-refractivity contribution in [2.24, 2.45) is 0 Å². The first-order valence-corrected chi connectivity index (χ1v) is 11.7. The van der Waals surface area contributed by atoms with Gasteiger partial charge in [-0.2, -0.15) is 0 Å². The Morgan fingerprint density at radius 3 is 2.06 bits per heavy atom. The first kappa shape index (κ1) is 22.6. The Kier molecular flexibility index (Phi) is 6.79. The van der Waals surface area contributed by atoms with Crippen LogP contribution in [-0.4, -0.2) is 35.7 Å². The van der Waals surface area contributed by atoms with E-state index in [0.29, 0.717) is 17.9 Å². The summed E-state index contributed by atoms with van der Waals surface area (Å²) in [7, 11) is 0. The monoisotopic (exact) mass is 459 g/mol. The molecule has 1 unspecified atom stereocenters. The van der Waals surface area contributed by atoms with Crippen LogP contribution in [0.1, 0.15) is 34.3 Å². The van der Waals surface area contributed by atoms with Gasteiger partial charge in [-0.05, 0) is 30.2 Å². The standard InChI is InChI=1S/C26H25N3O3S/c1-26(24(31)28-25(32)29-26)17-33-22-15-9-8-14-20(22)23(30)27-16-21(18-10-4-2-5-11-18)19-12-6-3-7-13-19/h2-15,21H,16-17H2,1H3,(H,27,30)(H2,28,29,31,32). The van der Waals surface area contributed by atoms with Crippen molar-refractivity contribution in [3.63, 3.8) is 0 Å². The Hall–Kier alpha value is -3.58. The minimum atomic E-state index is -1.02. The molecule has 1 aliphatic rings. The molecule has 4 rings (SSSR count). The summed E-state index contributed by atoms with van der Waals surface area (Å²) in [6.45, 7) is 2.12. The van der Waals surface area contributed by atoms with E-state index in [0.717, 1.165) is 16.0 Å². The summed E-state index contributed by atoms with van der Waals surface area (Å²) >= 11 is 1.37. The Balaban J connectivity index is 1.48. The second kappa shape index (κ2) is 9.92. The zero-order valence-electron chi connectivity index (χ0n) is 18.2. The maximum absolute atomic E-state index is 13.2. The molecule has 33 heavy (non-hydrogen) atoms. The number of thioether (sulfide) groups is 1. The molecule has 4 amide bonds. The molecule has 3 N–H and O–H groups in total. The van der Waals surface area contributed by atoms with Crippen LogP contribution in [0.2, 0.25) is 0 Å². The summed E-state index contributed by atoms with van der Waals surface area (Å²) in [5.74, 6) is -0.214. The molecule has 0 radical (unpaired) electrons. The number of rotatable bonds is 8. The van der Waals surface area contributed by atoms with Crippen molar-refractivity contribution in [3.05, 3.63) is 102 Å². The third kappa shape index (κ3) is 5.26. The van der Waals surface area contributed by atoms with Gasteiger partial charge < -0.3 is 10.6 Å². The van der Waals surface area contributed by atoms with Crippen molar-refractivity contribution in [2.45, 2.75) is 23.3 Å². The maximum atomic E-state index is 13.2. The lowest BCUT2D eigenvalue weighted by Gasteiger charge is -2.21. The summed E-state index contributed by atoms with van der Waals surface area (Å²) in [6, 6.07) is 27.0. The van der Waals surface area contributed by atoms with E-state index in [4.69, 9.17) is 0 Å². The molecule has 0 saturated carbocycles. The molecule has 0 spiro atoms. The number of carbonyl (C=O) groups is 3. The van der Waals surface area contributed by atoms with E-state index < -0.39 is 11.6 Å². The van der Waals surface area contributed by atoms with Gasteiger partial charge in [0.25, 0.3) is 11.8 Å². The highest BCUT2D eigenvalue weighted by atomic mass is 32.2. The Bertz CT molecular complexity index is 1110. The molecule has 168 valence electrons. The lowest BCUT2D eigenvalue weighted by Crippen LogP contribution is -2.46. The lowest BCUT2D eigenvalue weighted by molar-refractivity contribution is -0.122. The van der Waals surface area contributed by atoms with Gasteiger partial charge in [0.2, 0.25) is 0 Å². The predicted molar refractivity (Wildman–Crippen MR) is 129 cm³/mol. The summed E-state index contributed by atoms with van der Waals surface area (Å²) in [5, 5.41) is 8.01. The molecule has 0 bridgehead atoms. The van der Waals surface area contributed by atoms with Crippen molar-refractivity contribution in [2.75, 3.05) is 12.3 Å². The van der Waals surface area contributed by atoms with Crippen LogP contribution in [0.15, 0.2) is 89.8 Å². The van der Waals surface area contributed by atoms with Crippen LogP contribution in [0.25, 0.3) is 0 Å². The van der Waals surface area contributed by atoms with Crippen LogP contribution in [0.3, 0.4) is 0 Å². The van der Waals surface area contributed by atoms with E-state index in [1.807, 2.05) is 54.6 Å². The van der Waals surface area contributed by atoms with Gasteiger partial charge in [0.05, 0.1) is 5.56 Å². The number of amides is 4. The molecule has 1 fully saturated rings. The third-order valence-corrected chi connectivity index (χ3v) is 7.02. The van der Waals surface area contributed by atoms with Gasteiger partial charge in [0.15, 0.2) is 0 Å². The zero-order valence-corrected chi connectivity index (χ0v) is 19.0. The molecule has 3 aromatic carbocycles. The maximum Gasteiger partial charge on any atom is 0.322 e. The first-order chi connectivity index (χ1) is 16.0. The fourth-order valence-electron chi connectivity index (χ4n) is 3.77. The molecule has 3 aromatic rings. The van der Waals surface area contributed by atoms with E-state index in [9.17, 15) is 14.4 Å². The number of carbonyl (C=O) groups excluding carboxylic acids is 3. The summed E-state index contributed by atoms with van der Waals surface area (Å²) in [6.07, 6.45) is 0. The number of hydrogen-bond donors (Lipinski definition) is 3. The molecule has 0 aliphatic carbocycles. The van der Waals surface area contributed by atoms with Gasteiger partial charge >= 0.3 is 6.03 Å². The Labute approximate surface area is 197 Å². The normalized spacial score (nSPS) is 17.5. The summed E-state index contributed by atoms with van der Waals surface area (Å²) in [4.78, 5) is 37.5. The molecule has 1 heterocycles. The Morgan fingerprint density at radius 2 is 1.48 bits per heavy atom. The molecule has 7 heteroatoms. The van der Waals surface area contributed by atoms with Crippen LogP contribution in [0, 0.1) is 0 Å². The largest absolute Gasteiger partial charge is 0.351 e. The minimum Gasteiger partial charge on any atom is -0.351 e. The van der Waals surface area contributed by atoms with Crippen LogP contribution >= 0.6 is 11.8 Å². The van der Waals surface area contributed by atoms with Gasteiger partial charge in [0.1, 0.15) is 5.54 Å². The number of nitrogens with one attached hydrogen (secondary N) is 3. The van der Waals surface area contributed by atoms with Gasteiger partial charge in [-0.25, -0.2) is 4.79 Å². The van der Waals surface area contributed by atoms with E-state index in [1.54, 1.807) is 13.0 Å². The number of imide groups is 1. The topological polar surface area (TPSA) is 87.3 Å². The van der Waals surface area contributed by atoms with Gasteiger partial charge in [0, 0.05) is 23.1 Å². The van der Waals surface area contributed by atoms with Crippen molar-refractivity contribution >= 4 is 29.6 Å². The minimum absolute atomic E-state index is 0.0208. The quantitative estimate of drug-likeness (QED) is 0.352. The van der Waals surface area contributed by atoms with Crippen molar-refractivity contribution in [1.82, 2.24) is 16.0 Å². The average Bonchev–Trinajstić information content (AvgIpc) is 3.10. The smallest absolute Gasteiger partial charge is 0.322 e. The molecular weight excluding hydrogens is 434 g/mol. The second-order valence-electron chi connectivity index (χ2n) is 8.11. The number of urea groups is 1. The van der Waals surface area contributed by atoms with E-state index in [-0.39, 0.29) is 17.7 Å². The first-order valence-electron chi connectivity index (χ1n) is 10.7. The van der Waals surface area contributed by atoms with Gasteiger partial charge in [-0.15, -0.1) is 11.8 Å². The molecular formula is C26H25N3O3S. The van der Waals surface area contributed by atoms with E-state index >= 15 is 0 Å². The predicted octanol–water partition coefficient (Wildman–Crippen LogP) is 3.94. The van der Waals surface area contributed by atoms with Crippen molar-refractivity contribution in [3.8, 4) is 0 Å². The molecule has 1 aliphatic heterocycles. The van der Waals surface area contributed by atoms with Gasteiger partial charge in [-0.1, -0.05) is 72.8 Å². The highest BCUT2D eigenvalue weighted by Gasteiger charge is 2.41. The second-order valence-corrected chi connectivity index (χ2v) is 9.13. The van der Waals surface area contributed by atoms with Crippen molar-refractivity contribution < 1.29 is 14.4 Å². The van der Waals surface area contributed by atoms with Crippen LogP contribution < -0.4 is 16.0 Å². The van der Waals surface area contributed by atoms with E-state index in [1.165, 1.54) is 11.8 Å². The Morgan fingerprint density at radius 1 is 0.909 bits per heavy atom. The molecule has 1 saturated heterocycles. The van der Waals surface area contributed by atoms with Crippen LogP contribution in [0.4, 0.5) is 4.79 Å². The lowest BCUT2D eigenvalue weighted by atomic mass is 9.91. The van der Waals surface area contributed by atoms with Gasteiger partial charge in [-0.3, -0.25) is 14.9 Å². The molecule has 0 aromatic heterocycles. The highest BCUT2D eigenvalue weighted by Crippen LogP contribution is 2.28. The SMILES string of the molecule is CC1(CSc2ccccc2C(=O)NCC(c2ccccc2)c2ccccc2)NC(=O)NC1=O. The van der Waals surface area contributed by atoms with E-state index in [2.05, 4.69) is 40.2 Å². The zero-order chi connectivity index (χ0) is 23.3. The molecule has 6 nitrogen and oxygen atoms in total. The van der Waals surface area contributed by atoms with Crippen molar-refractivity contribution in [1.29, 1.82) is 0 Å². The van der Waals surface area contributed by atoms with Crippen LogP contribution in [0.5, 0.6) is 0 Å². The number of benzene rings is 3. The highest BCUT2D eigenvalue weighted by molar-refractivity contribution is 7.99. The van der Waals surface area contributed by atoms with Crippen LogP contribution in [-0.2, 0) is 4.79 Å². The summed E-state index contributed by atoms with van der Waals surface area (Å²) in [5.41, 5.74) is 1.78.